The minimum absolute atomic E-state index is 0.120. The molecule has 0 aliphatic heterocycles. The highest BCUT2D eigenvalue weighted by atomic mass is 79.9. The normalized spacial score (nSPS) is 12.9. The van der Waals surface area contributed by atoms with E-state index in [1.54, 1.807) is 0 Å². The van der Waals surface area contributed by atoms with Crippen LogP contribution in [0.2, 0.25) is 0 Å². The zero-order valence-electron chi connectivity index (χ0n) is 11.6. The fraction of sp³-hybridized carbons (Fsp3) is 0.600. The van der Waals surface area contributed by atoms with Gasteiger partial charge < -0.3 is 10.1 Å². The molecule has 1 N–H and O–H groups in total. The van der Waals surface area contributed by atoms with Crippen LogP contribution in [0.4, 0.5) is 0 Å². The van der Waals surface area contributed by atoms with Gasteiger partial charge >= 0.3 is 0 Å². The molecule has 3 heteroatoms. The van der Waals surface area contributed by atoms with Gasteiger partial charge in [0, 0.05) is 23.7 Å². The third-order valence-electron chi connectivity index (χ3n) is 2.78. The molecule has 0 fully saturated rings. The molecular weight excluding hydrogens is 290 g/mol. The Kier molecular flexibility index (Phi) is 7.56. The standard InChI is InChI=1S/C15H24BrNO/c1-4-5-10-18-15(11-17-12(2)3)13-8-6-7-9-14(13)16/h6-9,12,15,17H,4-5,10-11H2,1-3H3. The number of rotatable bonds is 8. The first-order valence-corrected chi connectivity index (χ1v) is 7.53. The van der Waals surface area contributed by atoms with Crippen molar-refractivity contribution in [2.24, 2.45) is 0 Å². The van der Waals surface area contributed by atoms with Gasteiger partial charge in [-0.1, -0.05) is 61.3 Å². The van der Waals surface area contributed by atoms with E-state index in [9.17, 15) is 0 Å². The molecule has 1 atom stereocenters. The lowest BCUT2D eigenvalue weighted by Gasteiger charge is -2.21. The number of benzene rings is 1. The molecule has 0 spiro atoms. The zero-order valence-corrected chi connectivity index (χ0v) is 13.2. The first-order valence-electron chi connectivity index (χ1n) is 6.74. The topological polar surface area (TPSA) is 21.3 Å². The van der Waals surface area contributed by atoms with Crippen molar-refractivity contribution in [1.82, 2.24) is 5.32 Å². The molecule has 0 aliphatic carbocycles. The van der Waals surface area contributed by atoms with Gasteiger partial charge in [0.1, 0.15) is 0 Å². The summed E-state index contributed by atoms with van der Waals surface area (Å²) >= 11 is 3.61. The van der Waals surface area contributed by atoms with Crippen LogP contribution >= 0.6 is 15.9 Å². The summed E-state index contributed by atoms with van der Waals surface area (Å²) in [5, 5.41) is 3.45. The molecule has 2 nitrogen and oxygen atoms in total. The van der Waals surface area contributed by atoms with Crippen LogP contribution in [0.25, 0.3) is 0 Å². The summed E-state index contributed by atoms with van der Waals surface area (Å²) in [4.78, 5) is 0. The maximum atomic E-state index is 6.01. The van der Waals surface area contributed by atoms with Gasteiger partial charge in [0.15, 0.2) is 0 Å². The van der Waals surface area contributed by atoms with Gasteiger partial charge in [-0.3, -0.25) is 0 Å². The van der Waals surface area contributed by atoms with Crippen molar-refractivity contribution >= 4 is 15.9 Å². The van der Waals surface area contributed by atoms with Crippen LogP contribution in [0.15, 0.2) is 28.7 Å². The predicted molar refractivity (Wildman–Crippen MR) is 80.9 cm³/mol. The van der Waals surface area contributed by atoms with Crippen molar-refractivity contribution < 1.29 is 4.74 Å². The zero-order chi connectivity index (χ0) is 13.4. The molecule has 1 unspecified atom stereocenters. The largest absolute Gasteiger partial charge is 0.372 e. The van der Waals surface area contributed by atoms with E-state index >= 15 is 0 Å². The molecule has 1 rings (SSSR count). The lowest BCUT2D eigenvalue weighted by Crippen LogP contribution is -2.29. The molecule has 0 aromatic heterocycles. The van der Waals surface area contributed by atoms with Crippen LogP contribution in [0.3, 0.4) is 0 Å². The van der Waals surface area contributed by atoms with Gasteiger partial charge in [0.2, 0.25) is 0 Å². The van der Waals surface area contributed by atoms with E-state index in [0.29, 0.717) is 6.04 Å². The second-order valence-corrected chi connectivity index (χ2v) is 5.65. The van der Waals surface area contributed by atoms with E-state index in [2.05, 4.69) is 60.2 Å². The second kappa shape index (κ2) is 8.68. The molecule has 1 aromatic carbocycles. The third-order valence-corrected chi connectivity index (χ3v) is 3.50. The Balaban J connectivity index is 2.66. The molecule has 0 saturated carbocycles. The molecule has 0 radical (unpaired) electrons. The van der Waals surface area contributed by atoms with E-state index in [-0.39, 0.29) is 6.10 Å². The van der Waals surface area contributed by atoms with E-state index in [4.69, 9.17) is 4.74 Å². The minimum atomic E-state index is 0.120. The highest BCUT2D eigenvalue weighted by molar-refractivity contribution is 9.10. The van der Waals surface area contributed by atoms with Gasteiger partial charge in [0.25, 0.3) is 0 Å². The summed E-state index contributed by atoms with van der Waals surface area (Å²) in [5.41, 5.74) is 1.22. The van der Waals surface area contributed by atoms with Gasteiger partial charge in [-0.15, -0.1) is 0 Å². The lowest BCUT2D eigenvalue weighted by molar-refractivity contribution is 0.0489. The Hall–Kier alpha value is -0.380. The van der Waals surface area contributed by atoms with Crippen molar-refractivity contribution in [3.63, 3.8) is 0 Å². The van der Waals surface area contributed by atoms with Gasteiger partial charge in [0.05, 0.1) is 6.10 Å². The summed E-state index contributed by atoms with van der Waals surface area (Å²) in [6.45, 7) is 8.17. The monoisotopic (exact) mass is 313 g/mol. The molecule has 1 aromatic rings. The van der Waals surface area contributed by atoms with Crippen LogP contribution in [-0.4, -0.2) is 19.2 Å². The van der Waals surface area contributed by atoms with Crippen molar-refractivity contribution in [2.45, 2.75) is 45.8 Å². The Morgan fingerprint density at radius 1 is 1.28 bits per heavy atom. The summed E-state index contributed by atoms with van der Waals surface area (Å²) in [6, 6.07) is 8.77. The van der Waals surface area contributed by atoms with Crippen LogP contribution < -0.4 is 5.32 Å². The highest BCUT2D eigenvalue weighted by Crippen LogP contribution is 2.25. The van der Waals surface area contributed by atoms with Crippen molar-refractivity contribution in [2.75, 3.05) is 13.2 Å². The SMILES string of the molecule is CCCCOC(CNC(C)C)c1ccccc1Br. The predicted octanol–water partition coefficient (Wildman–Crippen LogP) is 4.30. The molecular formula is C15H24BrNO. The molecule has 0 heterocycles. The van der Waals surface area contributed by atoms with Gasteiger partial charge in [-0.25, -0.2) is 0 Å². The summed E-state index contributed by atoms with van der Waals surface area (Å²) < 4.78 is 7.13. The number of hydrogen-bond donors (Lipinski definition) is 1. The average molecular weight is 314 g/mol. The summed E-state index contributed by atoms with van der Waals surface area (Å²) in [5.74, 6) is 0. The van der Waals surface area contributed by atoms with Crippen molar-refractivity contribution in [3.05, 3.63) is 34.3 Å². The number of nitrogens with one attached hydrogen (secondary N) is 1. The van der Waals surface area contributed by atoms with E-state index in [1.165, 1.54) is 12.0 Å². The highest BCUT2D eigenvalue weighted by Gasteiger charge is 2.14. The maximum Gasteiger partial charge on any atom is 0.0960 e. The Labute approximate surface area is 119 Å². The van der Waals surface area contributed by atoms with Gasteiger partial charge in [-0.05, 0) is 18.1 Å². The quantitative estimate of drug-likeness (QED) is 0.722. The Morgan fingerprint density at radius 2 is 2.00 bits per heavy atom. The van der Waals surface area contributed by atoms with Crippen LogP contribution in [-0.2, 0) is 4.74 Å². The van der Waals surface area contributed by atoms with Crippen LogP contribution in [0.5, 0.6) is 0 Å². The number of ether oxygens (including phenoxy) is 1. The number of hydrogen-bond acceptors (Lipinski definition) is 2. The van der Waals surface area contributed by atoms with Crippen molar-refractivity contribution in [1.29, 1.82) is 0 Å². The summed E-state index contributed by atoms with van der Waals surface area (Å²) in [6.07, 6.45) is 2.40. The fourth-order valence-corrected chi connectivity index (χ4v) is 2.25. The molecule has 102 valence electrons. The minimum Gasteiger partial charge on any atom is -0.372 e. The van der Waals surface area contributed by atoms with Crippen LogP contribution in [0, 0.1) is 0 Å². The molecule has 0 amide bonds. The van der Waals surface area contributed by atoms with E-state index in [0.717, 1.165) is 24.0 Å². The first-order chi connectivity index (χ1) is 8.65. The van der Waals surface area contributed by atoms with E-state index < -0.39 is 0 Å². The van der Waals surface area contributed by atoms with Crippen molar-refractivity contribution in [3.8, 4) is 0 Å². The van der Waals surface area contributed by atoms with E-state index in [1.807, 2.05) is 6.07 Å². The average Bonchev–Trinajstić information content (AvgIpc) is 2.34. The molecule has 0 aliphatic rings. The van der Waals surface area contributed by atoms with Gasteiger partial charge in [-0.2, -0.15) is 0 Å². The second-order valence-electron chi connectivity index (χ2n) is 4.80. The third kappa shape index (κ3) is 5.51. The molecule has 18 heavy (non-hydrogen) atoms. The Bertz CT molecular complexity index is 341. The molecule has 0 bridgehead atoms. The maximum absolute atomic E-state index is 6.01. The first kappa shape index (κ1) is 15.7. The van der Waals surface area contributed by atoms with Crippen LogP contribution in [0.1, 0.15) is 45.3 Å². The smallest absolute Gasteiger partial charge is 0.0960 e. The number of halogens is 1. The lowest BCUT2D eigenvalue weighted by atomic mass is 10.1. The molecule has 0 saturated heterocycles. The fourth-order valence-electron chi connectivity index (χ4n) is 1.71. The Morgan fingerprint density at radius 3 is 2.61 bits per heavy atom. The summed E-state index contributed by atoms with van der Waals surface area (Å²) in [7, 11) is 0. The number of unbranched alkanes of at least 4 members (excludes halogenated alkanes) is 1.